The molecule has 0 aliphatic heterocycles. The fourth-order valence-corrected chi connectivity index (χ4v) is 2.09. The lowest BCUT2D eigenvalue weighted by atomic mass is 9.87. The van der Waals surface area contributed by atoms with Gasteiger partial charge in [-0.05, 0) is 24.5 Å². The van der Waals surface area contributed by atoms with Gasteiger partial charge >= 0.3 is 0 Å². The van der Waals surface area contributed by atoms with Crippen molar-refractivity contribution in [3.05, 3.63) is 18.0 Å². The first kappa shape index (κ1) is 11.8. The zero-order valence-electron chi connectivity index (χ0n) is 10.4. The standard InChI is InChI=1S/C13H19NOS/c1-13(2,3)10-7-14-8-11(16-4)12(10)15-9-5-6-9/h7-9H,5-6H2,1-4H3. The largest absolute Gasteiger partial charge is 0.489 e. The Morgan fingerprint density at radius 1 is 1.31 bits per heavy atom. The highest BCUT2D eigenvalue weighted by molar-refractivity contribution is 7.98. The highest BCUT2D eigenvalue weighted by Gasteiger charge is 2.28. The predicted octanol–water partition coefficient (Wildman–Crippen LogP) is 3.64. The van der Waals surface area contributed by atoms with Crippen molar-refractivity contribution in [2.75, 3.05) is 6.26 Å². The van der Waals surface area contributed by atoms with Crippen LogP contribution >= 0.6 is 11.8 Å². The molecule has 0 bridgehead atoms. The van der Waals surface area contributed by atoms with Gasteiger partial charge in [-0.25, -0.2) is 0 Å². The second-order valence-electron chi connectivity index (χ2n) is 5.29. The molecule has 0 amide bonds. The van der Waals surface area contributed by atoms with E-state index in [1.54, 1.807) is 11.8 Å². The third-order valence-electron chi connectivity index (χ3n) is 2.70. The quantitative estimate of drug-likeness (QED) is 0.749. The first-order chi connectivity index (χ1) is 7.52. The Morgan fingerprint density at radius 2 is 2.00 bits per heavy atom. The van der Waals surface area contributed by atoms with Crippen LogP contribution in [-0.4, -0.2) is 17.3 Å². The van der Waals surface area contributed by atoms with E-state index in [0.29, 0.717) is 6.10 Å². The average molecular weight is 237 g/mol. The van der Waals surface area contributed by atoms with Crippen LogP contribution in [0.15, 0.2) is 17.3 Å². The number of nitrogens with zero attached hydrogens (tertiary/aromatic N) is 1. The van der Waals surface area contributed by atoms with Crippen LogP contribution in [-0.2, 0) is 5.41 Å². The molecule has 88 valence electrons. The summed E-state index contributed by atoms with van der Waals surface area (Å²) in [6, 6.07) is 0. The zero-order valence-corrected chi connectivity index (χ0v) is 11.2. The van der Waals surface area contributed by atoms with Crippen LogP contribution in [0.4, 0.5) is 0 Å². The van der Waals surface area contributed by atoms with Crippen molar-refractivity contribution >= 4 is 11.8 Å². The van der Waals surface area contributed by atoms with E-state index in [2.05, 4.69) is 32.0 Å². The van der Waals surface area contributed by atoms with Crippen LogP contribution in [0.2, 0.25) is 0 Å². The molecule has 0 saturated heterocycles. The molecule has 1 saturated carbocycles. The monoisotopic (exact) mass is 237 g/mol. The predicted molar refractivity (Wildman–Crippen MR) is 68.4 cm³/mol. The van der Waals surface area contributed by atoms with Gasteiger partial charge in [-0.15, -0.1) is 11.8 Å². The summed E-state index contributed by atoms with van der Waals surface area (Å²) in [5.74, 6) is 1.05. The highest BCUT2D eigenvalue weighted by atomic mass is 32.2. The molecule has 0 unspecified atom stereocenters. The number of hydrogen-bond donors (Lipinski definition) is 0. The Morgan fingerprint density at radius 3 is 2.50 bits per heavy atom. The summed E-state index contributed by atoms with van der Waals surface area (Å²) in [5, 5.41) is 0. The number of pyridine rings is 1. The molecule has 3 heteroatoms. The summed E-state index contributed by atoms with van der Waals surface area (Å²) in [6.07, 6.45) is 8.74. The van der Waals surface area contributed by atoms with Gasteiger partial charge < -0.3 is 4.74 Å². The van der Waals surface area contributed by atoms with Gasteiger partial charge in [0, 0.05) is 18.0 Å². The fourth-order valence-electron chi connectivity index (χ4n) is 1.58. The summed E-state index contributed by atoms with van der Waals surface area (Å²) in [7, 11) is 0. The maximum Gasteiger partial charge on any atom is 0.140 e. The second kappa shape index (κ2) is 4.28. The van der Waals surface area contributed by atoms with Crippen molar-refractivity contribution in [2.45, 2.75) is 50.0 Å². The van der Waals surface area contributed by atoms with Gasteiger partial charge in [0.1, 0.15) is 5.75 Å². The first-order valence-corrected chi connectivity index (χ1v) is 6.94. The van der Waals surface area contributed by atoms with Crippen LogP contribution in [0.5, 0.6) is 5.75 Å². The van der Waals surface area contributed by atoms with E-state index in [4.69, 9.17) is 4.74 Å². The van der Waals surface area contributed by atoms with Gasteiger partial charge in [-0.1, -0.05) is 20.8 Å². The van der Waals surface area contributed by atoms with Gasteiger partial charge in [0.25, 0.3) is 0 Å². The van der Waals surface area contributed by atoms with E-state index in [0.717, 1.165) is 10.6 Å². The Kier molecular flexibility index (Phi) is 3.15. The minimum Gasteiger partial charge on any atom is -0.489 e. The van der Waals surface area contributed by atoms with Gasteiger partial charge in [-0.2, -0.15) is 0 Å². The minimum absolute atomic E-state index is 0.0863. The molecule has 1 aromatic rings. The Bertz CT molecular complexity index is 380. The number of rotatable bonds is 3. The Hall–Kier alpha value is -0.700. The zero-order chi connectivity index (χ0) is 11.8. The third-order valence-corrected chi connectivity index (χ3v) is 3.43. The summed E-state index contributed by atoms with van der Waals surface area (Å²) < 4.78 is 6.04. The molecule has 1 aromatic heterocycles. The summed E-state index contributed by atoms with van der Waals surface area (Å²) in [6.45, 7) is 6.61. The van der Waals surface area contributed by atoms with Crippen molar-refractivity contribution in [3.8, 4) is 5.75 Å². The molecular weight excluding hydrogens is 218 g/mol. The van der Waals surface area contributed by atoms with E-state index in [1.165, 1.54) is 18.4 Å². The number of hydrogen-bond acceptors (Lipinski definition) is 3. The molecule has 2 rings (SSSR count). The molecule has 0 spiro atoms. The van der Waals surface area contributed by atoms with Gasteiger partial charge in [-0.3, -0.25) is 4.98 Å². The second-order valence-corrected chi connectivity index (χ2v) is 6.13. The number of aromatic nitrogens is 1. The molecule has 1 aliphatic carbocycles. The molecular formula is C13H19NOS. The molecule has 1 aliphatic rings. The number of ether oxygens (including phenoxy) is 1. The molecule has 0 radical (unpaired) electrons. The van der Waals surface area contributed by atoms with Crippen molar-refractivity contribution in [3.63, 3.8) is 0 Å². The van der Waals surface area contributed by atoms with Crippen molar-refractivity contribution in [1.82, 2.24) is 4.98 Å². The topological polar surface area (TPSA) is 22.1 Å². The Balaban J connectivity index is 2.41. The lowest BCUT2D eigenvalue weighted by Gasteiger charge is -2.23. The van der Waals surface area contributed by atoms with E-state index >= 15 is 0 Å². The van der Waals surface area contributed by atoms with Crippen LogP contribution in [0.25, 0.3) is 0 Å². The molecule has 0 atom stereocenters. The van der Waals surface area contributed by atoms with E-state index in [-0.39, 0.29) is 5.41 Å². The van der Waals surface area contributed by atoms with E-state index in [1.807, 2.05) is 12.4 Å². The van der Waals surface area contributed by atoms with Crippen LogP contribution in [0.3, 0.4) is 0 Å². The highest BCUT2D eigenvalue weighted by Crippen LogP contribution is 2.40. The van der Waals surface area contributed by atoms with Crippen molar-refractivity contribution < 1.29 is 4.74 Å². The summed E-state index contributed by atoms with van der Waals surface area (Å²) in [4.78, 5) is 5.46. The van der Waals surface area contributed by atoms with Gasteiger partial charge in [0.05, 0.1) is 11.0 Å². The molecule has 1 fully saturated rings. The SMILES string of the molecule is CSc1cncc(C(C)(C)C)c1OC1CC1. The average Bonchev–Trinajstić information content (AvgIpc) is 3.00. The van der Waals surface area contributed by atoms with Crippen LogP contribution in [0.1, 0.15) is 39.2 Å². The Labute approximate surface area is 102 Å². The summed E-state index contributed by atoms with van der Waals surface area (Å²) in [5.41, 5.74) is 1.30. The maximum absolute atomic E-state index is 6.04. The molecule has 16 heavy (non-hydrogen) atoms. The number of thioether (sulfide) groups is 1. The summed E-state index contributed by atoms with van der Waals surface area (Å²) >= 11 is 1.71. The maximum atomic E-state index is 6.04. The van der Waals surface area contributed by atoms with E-state index < -0.39 is 0 Å². The minimum atomic E-state index is 0.0863. The smallest absolute Gasteiger partial charge is 0.140 e. The van der Waals surface area contributed by atoms with Gasteiger partial charge in [0.2, 0.25) is 0 Å². The van der Waals surface area contributed by atoms with E-state index in [9.17, 15) is 0 Å². The van der Waals surface area contributed by atoms with Crippen molar-refractivity contribution in [2.24, 2.45) is 0 Å². The van der Waals surface area contributed by atoms with Crippen LogP contribution < -0.4 is 4.74 Å². The first-order valence-electron chi connectivity index (χ1n) is 5.71. The van der Waals surface area contributed by atoms with Crippen molar-refractivity contribution in [1.29, 1.82) is 0 Å². The third kappa shape index (κ3) is 2.51. The molecule has 0 N–H and O–H groups in total. The molecule has 1 heterocycles. The van der Waals surface area contributed by atoms with Crippen LogP contribution in [0, 0.1) is 0 Å². The lowest BCUT2D eigenvalue weighted by molar-refractivity contribution is 0.286. The van der Waals surface area contributed by atoms with Gasteiger partial charge in [0.15, 0.2) is 0 Å². The molecule has 0 aromatic carbocycles. The normalized spacial score (nSPS) is 16.2. The fraction of sp³-hybridized carbons (Fsp3) is 0.615. The molecule has 2 nitrogen and oxygen atoms in total. The lowest BCUT2D eigenvalue weighted by Crippen LogP contribution is -2.15.